The number of aryl methyl sites for hydroxylation is 1. The van der Waals surface area contributed by atoms with E-state index >= 15 is 0 Å². The van der Waals surface area contributed by atoms with E-state index in [0.29, 0.717) is 13.2 Å². The lowest BCUT2D eigenvalue weighted by atomic mass is 10.1. The zero-order valence-corrected chi connectivity index (χ0v) is 8.98. The van der Waals surface area contributed by atoms with Crippen LogP contribution in [0.5, 0.6) is 0 Å². The van der Waals surface area contributed by atoms with Crippen LogP contribution in [0.4, 0.5) is 0 Å². The number of hydrogen-bond acceptors (Lipinski definition) is 2. The van der Waals surface area contributed by atoms with E-state index in [1.54, 1.807) is 0 Å². The minimum atomic E-state index is -0.157. The topological polar surface area (TPSA) is 18.5 Å². The summed E-state index contributed by atoms with van der Waals surface area (Å²) in [6.07, 6.45) is 4.92. The molecule has 1 heterocycles. The average Bonchev–Trinajstić information content (AvgIpc) is 2.80. The Morgan fingerprint density at radius 1 is 1.20 bits per heavy atom. The van der Waals surface area contributed by atoms with Crippen LogP contribution in [0.3, 0.4) is 0 Å². The Balaban J connectivity index is 1.97. The Hall–Kier alpha value is -1.12. The Bertz CT molecular complexity index is 321. The fourth-order valence-electron chi connectivity index (χ4n) is 1.54. The van der Waals surface area contributed by atoms with Crippen molar-refractivity contribution in [3.8, 4) is 0 Å². The normalized spacial score (nSPS) is 17.7. The van der Waals surface area contributed by atoms with Gasteiger partial charge in [0.25, 0.3) is 0 Å². The number of ether oxygens (including phenoxy) is 2. The third kappa shape index (κ3) is 2.91. The van der Waals surface area contributed by atoms with Gasteiger partial charge in [0.1, 0.15) is 0 Å². The summed E-state index contributed by atoms with van der Waals surface area (Å²) in [5.41, 5.74) is 2.55. The zero-order valence-electron chi connectivity index (χ0n) is 8.98. The maximum Gasteiger partial charge on any atom is 0.177 e. The molecule has 0 radical (unpaired) electrons. The molecule has 1 aliphatic rings. The number of hydrogen-bond donors (Lipinski definition) is 0. The number of rotatable bonds is 3. The van der Waals surface area contributed by atoms with Crippen molar-refractivity contribution < 1.29 is 9.47 Å². The van der Waals surface area contributed by atoms with E-state index in [1.165, 1.54) is 11.1 Å². The van der Waals surface area contributed by atoms with Gasteiger partial charge >= 0.3 is 0 Å². The van der Waals surface area contributed by atoms with Gasteiger partial charge in [0.05, 0.1) is 13.2 Å². The molecule has 2 rings (SSSR count). The molecular formula is C13H16O2. The maximum absolute atomic E-state index is 5.31. The van der Waals surface area contributed by atoms with E-state index in [0.717, 1.165) is 6.42 Å². The molecule has 0 aromatic heterocycles. The minimum Gasteiger partial charge on any atom is -0.347 e. The van der Waals surface area contributed by atoms with Gasteiger partial charge in [-0.05, 0) is 23.6 Å². The molecule has 15 heavy (non-hydrogen) atoms. The lowest BCUT2D eigenvalue weighted by Crippen LogP contribution is -2.01. The van der Waals surface area contributed by atoms with Gasteiger partial charge in [0, 0.05) is 0 Å². The fourth-order valence-corrected chi connectivity index (χ4v) is 1.54. The van der Waals surface area contributed by atoms with E-state index < -0.39 is 0 Å². The third-order valence-corrected chi connectivity index (χ3v) is 2.48. The standard InChI is InChI=1S/C13H16O2/c1-2-11-3-5-12(6-4-11)7-8-13-14-9-10-15-13/h3-8,13H,2,9-10H2,1H3. The molecule has 80 valence electrons. The van der Waals surface area contributed by atoms with Crippen molar-refractivity contribution in [3.05, 3.63) is 41.5 Å². The number of benzene rings is 1. The van der Waals surface area contributed by atoms with Crippen LogP contribution < -0.4 is 0 Å². The van der Waals surface area contributed by atoms with Crippen LogP contribution in [0.25, 0.3) is 6.08 Å². The van der Waals surface area contributed by atoms with Crippen molar-refractivity contribution in [1.29, 1.82) is 0 Å². The van der Waals surface area contributed by atoms with E-state index in [-0.39, 0.29) is 6.29 Å². The summed E-state index contributed by atoms with van der Waals surface area (Å²) in [6, 6.07) is 8.53. The summed E-state index contributed by atoms with van der Waals surface area (Å²) in [7, 11) is 0. The summed E-state index contributed by atoms with van der Waals surface area (Å²) >= 11 is 0. The summed E-state index contributed by atoms with van der Waals surface area (Å²) < 4.78 is 10.6. The van der Waals surface area contributed by atoms with Crippen LogP contribution >= 0.6 is 0 Å². The van der Waals surface area contributed by atoms with Crippen LogP contribution in [-0.2, 0) is 15.9 Å². The van der Waals surface area contributed by atoms with Crippen LogP contribution in [0.1, 0.15) is 18.1 Å². The molecule has 2 heteroatoms. The minimum absolute atomic E-state index is 0.157. The van der Waals surface area contributed by atoms with Gasteiger partial charge in [-0.15, -0.1) is 0 Å². The smallest absolute Gasteiger partial charge is 0.177 e. The Morgan fingerprint density at radius 3 is 2.47 bits per heavy atom. The molecule has 0 aliphatic carbocycles. The summed E-state index contributed by atoms with van der Waals surface area (Å²) in [6.45, 7) is 3.55. The first-order chi connectivity index (χ1) is 7.38. The first-order valence-corrected chi connectivity index (χ1v) is 5.39. The van der Waals surface area contributed by atoms with E-state index in [1.807, 2.05) is 12.2 Å². The van der Waals surface area contributed by atoms with Crippen molar-refractivity contribution in [2.45, 2.75) is 19.6 Å². The van der Waals surface area contributed by atoms with E-state index in [4.69, 9.17) is 9.47 Å². The molecule has 0 bridgehead atoms. The second-order valence-electron chi connectivity index (χ2n) is 3.56. The van der Waals surface area contributed by atoms with Crippen molar-refractivity contribution >= 4 is 6.08 Å². The quantitative estimate of drug-likeness (QED) is 0.753. The molecule has 0 unspecified atom stereocenters. The second-order valence-corrected chi connectivity index (χ2v) is 3.56. The fraction of sp³-hybridized carbons (Fsp3) is 0.385. The van der Waals surface area contributed by atoms with Crippen LogP contribution in [-0.4, -0.2) is 19.5 Å². The van der Waals surface area contributed by atoms with Gasteiger partial charge in [0.2, 0.25) is 0 Å². The first kappa shape index (κ1) is 10.4. The highest BCUT2D eigenvalue weighted by Gasteiger charge is 2.11. The van der Waals surface area contributed by atoms with Gasteiger partial charge in [-0.3, -0.25) is 0 Å². The lowest BCUT2D eigenvalue weighted by Gasteiger charge is -2.02. The second kappa shape index (κ2) is 5.10. The van der Waals surface area contributed by atoms with Crippen LogP contribution in [0.15, 0.2) is 30.3 Å². The van der Waals surface area contributed by atoms with Crippen LogP contribution in [0, 0.1) is 0 Å². The molecule has 0 saturated carbocycles. The predicted octanol–water partition coefficient (Wildman–Crippen LogP) is 2.64. The highest BCUT2D eigenvalue weighted by atomic mass is 16.7. The molecular weight excluding hydrogens is 188 g/mol. The molecule has 1 aromatic rings. The summed E-state index contributed by atoms with van der Waals surface area (Å²) in [5.74, 6) is 0. The van der Waals surface area contributed by atoms with Gasteiger partial charge in [0.15, 0.2) is 6.29 Å². The monoisotopic (exact) mass is 204 g/mol. The van der Waals surface area contributed by atoms with Gasteiger partial charge < -0.3 is 9.47 Å². The van der Waals surface area contributed by atoms with E-state index in [9.17, 15) is 0 Å². The van der Waals surface area contributed by atoms with E-state index in [2.05, 4.69) is 31.2 Å². The molecule has 1 saturated heterocycles. The summed E-state index contributed by atoms with van der Waals surface area (Å²) in [4.78, 5) is 0. The summed E-state index contributed by atoms with van der Waals surface area (Å²) in [5, 5.41) is 0. The molecule has 0 amide bonds. The third-order valence-electron chi connectivity index (χ3n) is 2.48. The van der Waals surface area contributed by atoms with Gasteiger partial charge in [-0.1, -0.05) is 37.3 Å². The lowest BCUT2D eigenvalue weighted by molar-refractivity contribution is -0.000907. The molecule has 1 aromatic carbocycles. The van der Waals surface area contributed by atoms with Crippen molar-refractivity contribution in [2.24, 2.45) is 0 Å². The largest absolute Gasteiger partial charge is 0.347 e. The molecule has 2 nitrogen and oxygen atoms in total. The SMILES string of the molecule is CCc1ccc(C=CC2OCCO2)cc1. The van der Waals surface area contributed by atoms with Gasteiger partial charge in [-0.25, -0.2) is 0 Å². The maximum atomic E-state index is 5.31. The predicted molar refractivity (Wildman–Crippen MR) is 60.5 cm³/mol. The molecule has 0 spiro atoms. The Kier molecular flexibility index (Phi) is 3.54. The van der Waals surface area contributed by atoms with Gasteiger partial charge in [-0.2, -0.15) is 0 Å². The van der Waals surface area contributed by atoms with Crippen molar-refractivity contribution in [2.75, 3.05) is 13.2 Å². The molecule has 0 atom stereocenters. The molecule has 1 aliphatic heterocycles. The Labute approximate surface area is 90.5 Å². The zero-order chi connectivity index (χ0) is 10.5. The molecule has 1 fully saturated rings. The Morgan fingerprint density at radius 2 is 1.87 bits per heavy atom. The highest BCUT2D eigenvalue weighted by molar-refractivity contribution is 5.50. The highest BCUT2D eigenvalue weighted by Crippen LogP contribution is 2.10. The van der Waals surface area contributed by atoms with Crippen LogP contribution in [0.2, 0.25) is 0 Å². The average molecular weight is 204 g/mol. The van der Waals surface area contributed by atoms with Crippen molar-refractivity contribution in [1.82, 2.24) is 0 Å². The molecule has 0 N–H and O–H groups in total. The first-order valence-electron chi connectivity index (χ1n) is 5.39. The van der Waals surface area contributed by atoms with Crippen molar-refractivity contribution in [3.63, 3.8) is 0 Å².